The van der Waals surface area contributed by atoms with E-state index in [4.69, 9.17) is 14.2 Å². The predicted octanol–water partition coefficient (Wildman–Crippen LogP) is 4.35. The van der Waals surface area contributed by atoms with Crippen LogP contribution in [0.3, 0.4) is 0 Å². The molecular weight excluding hydrogens is 470 g/mol. The molecule has 1 amide bonds. The Kier molecular flexibility index (Phi) is 6.68. The summed E-state index contributed by atoms with van der Waals surface area (Å²) < 4.78 is 10.8. The summed E-state index contributed by atoms with van der Waals surface area (Å²) in [4.78, 5) is 33.7. The van der Waals surface area contributed by atoms with Gasteiger partial charge in [0.15, 0.2) is 5.82 Å². The molecule has 10 nitrogen and oxygen atoms in total. The normalized spacial score (nSPS) is 16.9. The number of hydrogen-bond donors (Lipinski definition) is 1. The van der Waals surface area contributed by atoms with Gasteiger partial charge in [-0.2, -0.15) is 4.98 Å². The highest BCUT2D eigenvalue weighted by atomic mass is 16.6. The zero-order valence-corrected chi connectivity index (χ0v) is 22.0. The van der Waals surface area contributed by atoms with Gasteiger partial charge in [-0.1, -0.05) is 5.16 Å². The van der Waals surface area contributed by atoms with Crippen molar-refractivity contribution in [3.05, 3.63) is 59.4 Å². The monoisotopic (exact) mass is 503 g/mol. The maximum atomic E-state index is 12.5. The topological polar surface area (TPSA) is 113 Å². The number of carbonyl (C=O) groups is 1. The number of fused-ring (bicyclic) bond motifs is 1. The highest BCUT2D eigenvalue weighted by Gasteiger charge is 2.29. The van der Waals surface area contributed by atoms with Gasteiger partial charge in [0, 0.05) is 56.1 Å². The van der Waals surface area contributed by atoms with Gasteiger partial charge in [0.2, 0.25) is 0 Å². The first-order valence-corrected chi connectivity index (χ1v) is 12.6. The number of aromatic amines is 1. The van der Waals surface area contributed by atoms with Crippen LogP contribution in [-0.2, 0) is 17.7 Å². The molecule has 0 spiro atoms. The number of rotatable bonds is 5. The summed E-state index contributed by atoms with van der Waals surface area (Å²) in [7, 11) is 0. The first kappa shape index (κ1) is 24.9. The maximum absolute atomic E-state index is 12.5. The summed E-state index contributed by atoms with van der Waals surface area (Å²) in [5.41, 5.74) is 4.29. The number of hydrogen-bond acceptors (Lipinski definition) is 8. The van der Waals surface area contributed by atoms with Crippen molar-refractivity contribution >= 4 is 17.1 Å². The third-order valence-electron chi connectivity index (χ3n) is 6.34. The first-order valence-electron chi connectivity index (χ1n) is 12.6. The van der Waals surface area contributed by atoms with Gasteiger partial charge in [0.25, 0.3) is 5.89 Å². The van der Waals surface area contributed by atoms with Crippen molar-refractivity contribution in [3.63, 3.8) is 0 Å². The van der Waals surface area contributed by atoms with E-state index in [0.717, 1.165) is 41.2 Å². The third kappa shape index (κ3) is 5.96. The molecule has 0 unspecified atom stereocenters. The highest BCUT2D eigenvalue weighted by Crippen LogP contribution is 2.23. The zero-order valence-electron chi connectivity index (χ0n) is 22.0. The van der Waals surface area contributed by atoms with Gasteiger partial charge in [-0.25, -0.2) is 9.78 Å². The van der Waals surface area contributed by atoms with E-state index in [1.54, 1.807) is 11.8 Å². The Morgan fingerprint density at radius 1 is 1.19 bits per heavy atom. The van der Waals surface area contributed by atoms with Gasteiger partial charge in [0.1, 0.15) is 11.4 Å². The molecule has 194 valence electrons. The Hall–Kier alpha value is -3.79. The SMILES string of the molecule is Cc1noc(-c2ccc3nc(Cc4cc(CN5CCN(C(=O)OC(C)(C)C)C[C@H]5C)ccn4)[nH]c3c2)n1. The summed E-state index contributed by atoms with van der Waals surface area (Å²) in [6, 6.07) is 10.3. The molecule has 0 aliphatic carbocycles. The lowest BCUT2D eigenvalue weighted by Crippen LogP contribution is -2.54. The number of benzene rings is 1. The van der Waals surface area contributed by atoms with Crippen molar-refractivity contribution in [2.45, 2.75) is 59.2 Å². The smallest absolute Gasteiger partial charge is 0.410 e. The lowest BCUT2D eigenvalue weighted by molar-refractivity contribution is 0.00461. The second-order valence-corrected chi connectivity index (χ2v) is 10.6. The minimum Gasteiger partial charge on any atom is -0.444 e. The molecule has 5 rings (SSSR count). The van der Waals surface area contributed by atoms with E-state index in [2.05, 4.69) is 38.0 Å². The van der Waals surface area contributed by atoms with Crippen molar-refractivity contribution in [1.29, 1.82) is 0 Å². The first-order chi connectivity index (χ1) is 17.6. The van der Waals surface area contributed by atoms with Crippen LogP contribution in [0, 0.1) is 6.92 Å². The number of imidazole rings is 1. The third-order valence-corrected chi connectivity index (χ3v) is 6.34. The minimum atomic E-state index is -0.486. The Balaban J connectivity index is 1.23. The van der Waals surface area contributed by atoms with Crippen molar-refractivity contribution in [2.75, 3.05) is 19.6 Å². The number of nitrogens with zero attached hydrogens (tertiary/aromatic N) is 6. The van der Waals surface area contributed by atoms with E-state index in [1.807, 2.05) is 51.2 Å². The van der Waals surface area contributed by atoms with Crippen molar-refractivity contribution in [3.8, 4) is 11.5 Å². The summed E-state index contributed by atoms with van der Waals surface area (Å²) in [6.07, 6.45) is 2.21. The summed E-state index contributed by atoms with van der Waals surface area (Å²) in [5.74, 6) is 1.94. The van der Waals surface area contributed by atoms with Crippen LogP contribution in [0.5, 0.6) is 0 Å². The predicted molar refractivity (Wildman–Crippen MR) is 139 cm³/mol. The van der Waals surface area contributed by atoms with Crippen molar-refractivity contribution in [1.82, 2.24) is 34.9 Å². The Morgan fingerprint density at radius 3 is 2.76 bits per heavy atom. The van der Waals surface area contributed by atoms with E-state index in [0.29, 0.717) is 31.2 Å². The van der Waals surface area contributed by atoms with E-state index >= 15 is 0 Å². The van der Waals surface area contributed by atoms with E-state index in [-0.39, 0.29) is 12.1 Å². The molecule has 1 fully saturated rings. The van der Waals surface area contributed by atoms with Gasteiger partial charge in [-0.3, -0.25) is 9.88 Å². The number of aryl methyl sites for hydroxylation is 1. The average molecular weight is 504 g/mol. The molecule has 0 saturated carbocycles. The quantitative estimate of drug-likeness (QED) is 0.428. The minimum absolute atomic E-state index is 0.227. The van der Waals surface area contributed by atoms with Crippen LogP contribution in [0.4, 0.5) is 4.79 Å². The lowest BCUT2D eigenvalue weighted by atomic mass is 10.1. The van der Waals surface area contributed by atoms with Crippen LogP contribution in [0.2, 0.25) is 0 Å². The summed E-state index contributed by atoms with van der Waals surface area (Å²) >= 11 is 0. The molecular formula is C27H33N7O3. The van der Waals surface area contributed by atoms with Crippen LogP contribution >= 0.6 is 0 Å². The second kappa shape index (κ2) is 9.93. The molecule has 1 atom stereocenters. The second-order valence-electron chi connectivity index (χ2n) is 10.6. The molecule has 1 aliphatic rings. The molecule has 10 heteroatoms. The number of pyridine rings is 1. The molecule has 4 heterocycles. The standard InChI is InChI=1S/C27H33N7O3/c1-17-15-34(26(35)36-27(3,4)5)11-10-33(17)16-19-8-9-28-21(12-19)14-24-30-22-7-6-20(13-23(22)31-24)25-29-18(2)32-37-25/h6-9,12-13,17H,10-11,14-16H2,1-5H3,(H,30,31)/t17-/m1/s1. The number of nitrogens with one attached hydrogen (secondary N) is 1. The molecule has 0 radical (unpaired) electrons. The average Bonchev–Trinajstić information content (AvgIpc) is 3.44. The number of piperazine rings is 1. The Bertz CT molecular complexity index is 1400. The van der Waals surface area contributed by atoms with Crippen molar-refractivity contribution < 1.29 is 14.1 Å². The fraction of sp³-hybridized carbons (Fsp3) is 0.444. The van der Waals surface area contributed by atoms with E-state index in [9.17, 15) is 4.79 Å². The van der Waals surface area contributed by atoms with Crippen LogP contribution in [0.25, 0.3) is 22.5 Å². The van der Waals surface area contributed by atoms with Gasteiger partial charge < -0.3 is 19.1 Å². The van der Waals surface area contributed by atoms with Crippen LogP contribution in [0.15, 0.2) is 41.1 Å². The van der Waals surface area contributed by atoms with Gasteiger partial charge >= 0.3 is 6.09 Å². The number of aromatic nitrogens is 5. The van der Waals surface area contributed by atoms with Crippen LogP contribution in [-0.4, -0.2) is 72.3 Å². The van der Waals surface area contributed by atoms with Gasteiger partial charge in [-0.05, 0) is 70.5 Å². The highest BCUT2D eigenvalue weighted by molar-refractivity contribution is 5.80. The number of ether oxygens (including phenoxy) is 1. The summed E-state index contributed by atoms with van der Waals surface area (Å²) in [6.45, 7) is 12.5. The van der Waals surface area contributed by atoms with Crippen LogP contribution in [0.1, 0.15) is 50.6 Å². The fourth-order valence-corrected chi connectivity index (χ4v) is 4.55. The van der Waals surface area contributed by atoms with Gasteiger partial charge in [-0.15, -0.1) is 0 Å². The van der Waals surface area contributed by atoms with Crippen LogP contribution < -0.4 is 0 Å². The number of amides is 1. The fourth-order valence-electron chi connectivity index (χ4n) is 4.55. The van der Waals surface area contributed by atoms with Crippen molar-refractivity contribution in [2.24, 2.45) is 0 Å². The van der Waals surface area contributed by atoms with E-state index < -0.39 is 5.60 Å². The number of H-pyrrole nitrogens is 1. The Morgan fingerprint density at radius 2 is 2.03 bits per heavy atom. The molecule has 4 aromatic rings. The Labute approximate surface area is 216 Å². The largest absolute Gasteiger partial charge is 0.444 e. The maximum Gasteiger partial charge on any atom is 0.410 e. The lowest BCUT2D eigenvalue weighted by Gasteiger charge is -2.40. The molecule has 1 N–H and O–H groups in total. The van der Waals surface area contributed by atoms with Gasteiger partial charge in [0.05, 0.1) is 11.0 Å². The molecule has 0 bridgehead atoms. The molecule has 3 aromatic heterocycles. The number of carbonyl (C=O) groups excluding carboxylic acids is 1. The molecule has 1 aliphatic heterocycles. The van der Waals surface area contributed by atoms with E-state index in [1.165, 1.54) is 5.56 Å². The zero-order chi connectivity index (χ0) is 26.2. The molecule has 37 heavy (non-hydrogen) atoms. The molecule has 1 saturated heterocycles. The summed E-state index contributed by atoms with van der Waals surface area (Å²) in [5, 5.41) is 3.87. The molecule has 1 aromatic carbocycles.